The molecule has 0 heterocycles. The molecule has 0 spiro atoms. The summed E-state index contributed by atoms with van der Waals surface area (Å²) in [5.41, 5.74) is 4.06. The minimum atomic E-state index is 0.945. The second-order valence-electron chi connectivity index (χ2n) is 3.47. The number of hydrogen-bond acceptors (Lipinski definition) is 2. The molecule has 1 aromatic carbocycles. The number of hydrogen-bond donors (Lipinski definition) is 2. The van der Waals surface area contributed by atoms with Crippen molar-refractivity contribution in [3.8, 4) is 0 Å². The Balaban J connectivity index is 2.72. The second-order valence-corrected chi connectivity index (χ2v) is 3.91. The van der Waals surface area contributed by atoms with E-state index in [2.05, 4.69) is 50.0 Å². The molecule has 0 bridgehead atoms. The maximum Gasteiger partial charge on any atom is 0.0402 e. The third-order valence-electron chi connectivity index (χ3n) is 2.38. The lowest BCUT2D eigenvalue weighted by molar-refractivity contribution is 0.983. The first-order valence-corrected chi connectivity index (χ1v) is 5.86. The molecule has 1 N–H and O–H groups in total. The van der Waals surface area contributed by atoms with Crippen LogP contribution in [-0.4, -0.2) is 12.3 Å². The highest BCUT2D eigenvalue weighted by Gasteiger charge is 2.02. The van der Waals surface area contributed by atoms with Crippen molar-refractivity contribution in [3.05, 3.63) is 29.3 Å². The van der Waals surface area contributed by atoms with Crippen LogP contribution in [0.5, 0.6) is 0 Å². The van der Waals surface area contributed by atoms with Crippen LogP contribution in [0.3, 0.4) is 0 Å². The molecule has 0 aromatic heterocycles. The summed E-state index contributed by atoms with van der Waals surface area (Å²) in [6, 6.07) is 6.47. The van der Waals surface area contributed by atoms with E-state index >= 15 is 0 Å². The van der Waals surface area contributed by atoms with E-state index < -0.39 is 0 Å². The first-order valence-electron chi connectivity index (χ1n) is 5.22. The Bertz CT molecular complexity index is 284. The Morgan fingerprint density at radius 3 is 2.79 bits per heavy atom. The van der Waals surface area contributed by atoms with Gasteiger partial charge in [0.1, 0.15) is 0 Å². The average Bonchev–Trinajstić information content (AvgIpc) is 2.20. The molecule has 0 saturated carbocycles. The van der Waals surface area contributed by atoms with E-state index in [-0.39, 0.29) is 0 Å². The zero-order valence-electron chi connectivity index (χ0n) is 9.01. The fourth-order valence-electron chi connectivity index (χ4n) is 1.57. The van der Waals surface area contributed by atoms with Gasteiger partial charge in [0.15, 0.2) is 0 Å². The van der Waals surface area contributed by atoms with Crippen LogP contribution in [0.15, 0.2) is 18.2 Å². The summed E-state index contributed by atoms with van der Waals surface area (Å²) < 4.78 is 0. The van der Waals surface area contributed by atoms with Gasteiger partial charge in [-0.05, 0) is 36.6 Å². The van der Waals surface area contributed by atoms with Crippen molar-refractivity contribution in [1.82, 2.24) is 0 Å². The largest absolute Gasteiger partial charge is 0.385 e. The first-order chi connectivity index (χ1) is 6.79. The van der Waals surface area contributed by atoms with Crippen LogP contribution in [-0.2, 0) is 6.42 Å². The molecule has 0 atom stereocenters. The summed E-state index contributed by atoms with van der Waals surface area (Å²) in [7, 11) is 0. The van der Waals surface area contributed by atoms with Crippen LogP contribution >= 0.6 is 12.6 Å². The molecule has 0 aliphatic rings. The summed E-state index contributed by atoms with van der Waals surface area (Å²) >= 11 is 4.20. The van der Waals surface area contributed by atoms with Crippen molar-refractivity contribution < 1.29 is 0 Å². The topological polar surface area (TPSA) is 12.0 Å². The molecule has 1 aromatic rings. The van der Waals surface area contributed by atoms with Crippen LogP contribution in [0.4, 0.5) is 5.69 Å². The molecule has 0 aliphatic carbocycles. The molecular weight excluding hydrogens is 190 g/mol. The maximum absolute atomic E-state index is 4.20. The molecule has 1 rings (SSSR count). The zero-order valence-corrected chi connectivity index (χ0v) is 9.90. The number of rotatable bonds is 5. The lowest BCUT2D eigenvalue weighted by atomic mass is 10.1. The Hall–Kier alpha value is -0.630. The first kappa shape index (κ1) is 11.4. The fourth-order valence-corrected chi connectivity index (χ4v) is 1.73. The molecule has 0 saturated heterocycles. The monoisotopic (exact) mass is 209 g/mol. The number of nitrogens with one attached hydrogen (secondary N) is 1. The van der Waals surface area contributed by atoms with Crippen molar-refractivity contribution in [2.24, 2.45) is 0 Å². The van der Waals surface area contributed by atoms with Gasteiger partial charge < -0.3 is 5.32 Å². The smallest absolute Gasteiger partial charge is 0.0402 e. The predicted molar refractivity (Wildman–Crippen MR) is 67.5 cm³/mol. The van der Waals surface area contributed by atoms with Crippen molar-refractivity contribution in [3.63, 3.8) is 0 Å². The normalized spacial score (nSPS) is 10.2. The molecule has 0 unspecified atom stereocenters. The maximum atomic E-state index is 4.20. The minimum Gasteiger partial charge on any atom is -0.385 e. The van der Waals surface area contributed by atoms with E-state index in [9.17, 15) is 0 Å². The van der Waals surface area contributed by atoms with E-state index in [1.54, 1.807) is 0 Å². The molecular formula is C12H19NS. The van der Waals surface area contributed by atoms with Crippen LogP contribution in [0.1, 0.15) is 24.5 Å². The number of para-hydroxylation sites is 1. The summed E-state index contributed by atoms with van der Waals surface area (Å²) in [5, 5.41) is 3.48. The zero-order chi connectivity index (χ0) is 10.4. The molecule has 0 aliphatic heterocycles. The molecule has 0 radical (unpaired) electrons. The van der Waals surface area contributed by atoms with E-state index in [1.165, 1.54) is 16.8 Å². The van der Waals surface area contributed by atoms with Gasteiger partial charge in [0.05, 0.1) is 0 Å². The van der Waals surface area contributed by atoms with Gasteiger partial charge >= 0.3 is 0 Å². The van der Waals surface area contributed by atoms with Gasteiger partial charge in [-0.2, -0.15) is 12.6 Å². The second kappa shape index (κ2) is 5.97. The van der Waals surface area contributed by atoms with Gasteiger partial charge in [0, 0.05) is 12.2 Å². The number of thiol groups is 1. The van der Waals surface area contributed by atoms with E-state index in [4.69, 9.17) is 0 Å². The number of anilines is 1. The number of aryl methyl sites for hydroxylation is 2. The Morgan fingerprint density at radius 2 is 2.14 bits per heavy atom. The Kier molecular flexibility index (Phi) is 4.88. The molecule has 0 fully saturated rings. The highest BCUT2D eigenvalue weighted by Crippen LogP contribution is 2.20. The molecule has 0 amide bonds. The summed E-state index contributed by atoms with van der Waals surface area (Å²) in [6.45, 7) is 5.36. The SMILES string of the molecule is CCc1cccc(C)c1NCCCS. The van der Waals surface area contributed by atoms with Crippen LogP contribution in [0.2, 0.25) is 0 Å². The quantitative estimate of drug-likeness (QED) is 0.560. The third-order valence-corrected chi connectivity index (χ3v) is 2.69. The van der Waals surface area contributed by atoms with Gasteiger partial charge in [0.2, 0.25) is 0 Å². The van der Waals surface area contributed by atoms with E-state index in [0.717, 1.165) is 25.1 Å². The van der Waals surface area contributed by atoms with Gasteiger partial charge in [-0.3, -0.25) is 0 Å². The van der Waals surface area contributed by atoms with Crippen molar-refractivity contribution >= 4 is 18.3 Å². The molecule has 78 valence electrons. The van der Waals surface area contributed by atoms with Gasteiger partial charge in [-0.25, -0.2) is 0 Å². The van der Waals surface area contributed by atoms with E-state index in [1.807, 2.05) is 0 Å². The van der Waals surface area contributed by atoms with Crippen LogP contribution in [0.25, 0.3) is 0 Å². The van der Waals surface area contributed by atoms with Gasteiger partial charge in [0.25, 0.3) is 0 Å². The molecule has 1 nitrogen and oxygen atoms in total. The molecule has 14 heavy (non-hydrogen) atoms. The summed E-state index contributed by atoms with van der Waals surface area (Å²) in [6.07, 6.45) is 2.20. The summed E-state index contributed by atoms with van der Waals surface area (Å²) in [5.74, 6) is 0.945. The molecule has 2 heteroatoms. The average molecular weight is 209 g/mol. The van der Waals surface area contributed by atoms with Gasteiger partial charge in [-0.1, -0.05) is 25.1 Å². The minimum absolute atomic E-state index is 0.945. The Morgan fingerprint density at radius 1 is 1.36 bits per heavy atom. The lowest BCUT2D eigenvalue weighted by Gasteiger charge is -2.13. The van der Waals surface area contributed by atoms with Crippen LogP contribution in [0, 0.1) is 6.92 Å². The van der Waals surface area contributed by atoms with Crippen molar-refractivity contribution in [2.45, 2.75) is 26.7 Å². The highest BCUT2D eigenvalue weighted by molar-refractivity contribution is 7.80. The van der Waals surface area contributed by atoms with Crippen molar-refractivity contribution in [1.29, 1.82) is 0 Å². The highest BCUT2D eigenvalue weighted by atomic mass is 32.1. The van der Waals surface area contributed by atoms with Crippen LogP contribution < -0.4 is 5.32 Å². The fraction of sp³-hybridized carbons (Fsp3) is 0.500. The summed E-state index contributed by atoms with van der Waals surface area (Å²) in [4.78, 5) is 0. The third kappa shape index (κ3) is 2.95. The van der Waals surface area contributed by atoms with E-state index in [0.29, 0.717) is 0 Å². The standard InChI is InChI=1S/C12H19NS/c1-3-11-7-4-6-10(2)12(11)13-8-5-9-14/h4,6-7,13-14H,3,5,8-9H2,1-2H3. The van der Waals surface area contributed by atoms with Gasteiger partial charge in [-0.15, -0.1) is 0 Å². The van der Waals surface area contributed by atoms with Crippen molar-refractivity contribution in [2.75, 3.05) is 17.6 Å². The Labute approximate surface area is 92.3 Å². The number of benzene rings is 1. The predicted octanol–water partition coefficient (Wildman–Crippen LogP) is 3.29. The lowest BCUT2D eigenvalue weighted by Crippen LogP contribution is -2.06.